The maximum Gasteiger partial charge on any atom is 0.336 e. The highest BCUT2D eigenvalue weighted by molar-refractivity contribution is 6.03. The third-order valence-corrected chi connectivity index (χ3v) is 3.80. The Labute approximate surface area is 123 Å². The van der Waals surface area contributed by atoms with Crippen LogP contribution < -0.4 is 5.32 Å². The zero-order chi connectivity index (χ0) is 14.8. The van der Waals surface area contributed by atoms with Gasteiger partial charge >= 0.3 is 5.97 Å². The van der Waals surface area contributed by atoms with Crippen molar-refractivity contribution in [1.82, 2.24) is 4.98 Å². The second-order valence-electron chi connectivity index (χ2n) is 5.27. The summed E-state index contributed by atoms with van der Waals surface area (Å²) in [5.74, 6) is -0.316. The third kappa shape index (κ3) is 2.83. The SMILES string of the molecule is CCOC1CC(Nc2cc(C(=O)O)c3ccccc3n2)C1. The van der Waals surface area contributed by atoms with E-state index in [9.17, 15) is 9.90 Å². The number of fused-ring (bicyclic) bond motifs is 1. The van der Waals surface area contributed by atoms with Gasteiger partial charge in [0.05, 0.1) is 17.2 Å². The standard InChI is InChI=1S/C16H18N2O3/c1-2-21-11-7-10(8-11)17-15-9-13(16(19)20)12-5-3-4-6-14(12)18-15/h3-6,9-11H,2,7-8H2,1H3,(H,17,18)(H,19,20). The normalized spacial score (nSPS) is 21.0. The molecule has 1 aliphatic rings. The molecule has 2 N–H and O–H groups in total. The van der Waals surface area contributed by atoms with Gasteiger partial charge in [0.25, 0.3) is 0 Å². The minimum Gasteiger partial charge on any atom is -0.478 e. The van der Waals surface area contributed by atoms with E-state index in [2.05, 4.69) is 10.3 Å². The molecule has 2 aromatic rings. The number of rotatable bonds is 5. The van der Waals surface area contributed by atoms with E-state index in [-0.39, 0.29) is 5.56 Å². The van der Waals surface area contributed by atoms with Gasteiger partial charge < -0.3 is 15.2 Å². The number of para-hydroxylation sites is 1. The van der Waals surface area contributed by atoms with Crippen molar-refractivity contribution in [3.63, 3.8) is 0 Å². The Bertz CT molecular complexity index is 666. The van der Waals surface area contributed by atoms with Crippen LogP contribution in [0.2, 0.25) is 0 Å². The molecule has 0 aliphatic heterocycles. The molecule has 1 aliphatic carbocycles. The van der Waals surface area contributed by atoms with E-state index in [0.29, 0.717) is 28.9 Å². The summed E-state index contributed by atoms with van der Waals surface area (Å²) < 4.78 is 5.52. The molecule has 110 valence electrons. The van der Waals surface area contributed by atoms with Gasteiger partial charge in [-0.25, -0.2) is 9.78 Å². The molecule has 0 unspecified atom stereocenters. The van der Waals surface area contributed by atoms with Crippen LogP contribution >= 0.6 is 0 Å². The van der Waals surface area contributed by atoms with Crippen LogP contribution in [0.25, 0.3) is 10.9 Å². The molecular weight excluding hydrogens is 268 g/mol. The summed E-state index contributed by atoms with van der Waals surface area (Å²) >= 11 is 0. The molecule has 0 amide bonds. The molecule has 1 heterocycles. The van der Waals surface area contributed by atoms with Crippen LogP contribution in [-0.2, 0) is 4.74 Å². The Balaban J connectivity index is 1.82. The molecule has 0 radical (unpaired) electrons. The molecule has 1 saturated carbocycles. The molecule has 3 rings (SSSR count). The Morgan fingerprint density at radius 2 is 2.19 bits per heavy atom. The molecule has 5 nitrogen and oxygen atoms in total. The number of aromatic nitrogens is 1. The van der Waals surface area contributed by atoms with Gasteiger partial charge in [-0.05, 0) is 31.9 Å². The minimum atomic E-state index is -0.933. The number of benzene rings is 1. The molecule has 0 atom stereocenters. The lowest BCUT2D eigenvalue weighted by atomic mass is 9.89. The van der Waals surface area contributed by atoms with Crippen LogP contribution in [0.5, 0.6) is 0 Å². The van der Waals surface area contributed by atoms with E-state index in [0.717, 1.165) is 19.4 Å². The molecule has 1 fully saturated rings. The van der Waals surface area contributed by atoms with Gasteiger partial charge in [0.15, 0.2) is 0 Å². The predicted molar refractivity (Wildman–Crippen MR) is 80.8 cm³/mol. The van der Waals surface area contributed by atoms with Crippen molar-refractivity contribution in [2.24, 2.45) is 0 Å². The van der Waals surface area contributed by atoms with E-state index in [4.69, 9.17) is 4.74 Å². The first kappa shape index (κ1) is 13.8. The third-order valence-electron chi connectivity index (χ3n) is 3.80. The molecule has 0 saturated heterocycles. The van der Waals surface area contributed by atoms with E-state index in [1.165, 1.54) is 0 Å². The number of carbonyl (C=O) groups is 1. The van der Waals surface area contributed by atoms with Crippen LogP contribution in [-0.4, -0.2) is 34.8 Å². The number of hydrogen-bond donors (Lipinski definition) is 2. The highest BCUT2D eigenvalue weighted by atomic mass is 16.5. The highest BCUT2D eigenvalue weighted by Crippen LogP contribution is 2.28. The maximum absolute atomic E-state index is 11.4. The first-order chi connectivity index (χ1) is 10.2. The van der Waals surface area contributed by atoms with Crippen LogP contribution in [0, 0.1) is 0 Å². The number of ether oxygens (including phenoxy) is 1. The Morgan fingerprint density at radius 3 is 2.90 bits per heavy atom. The van der Waals surface area contributed by atoms with Gasteiger partial charge in [-0.2, -0.15) is 0 Å². The lowest BCUT2D eigenvalue weighted by molar-refractivity contribution is 0.00292. The quantitative estimate of drug-likeness (QED) is 0.884. The average molecular weight is 286 g/mol. The van der Waals surface area contributed by atoms with Crippen LogP contribution in [0.1, 0.15) is 30.1 Å². The number of pyridine rings is 1. The number of carboxylic acids is 1. The summed E-state index contributed by atoms with van der Waals surface area (Å²) in [4.78, 5) is 15.9. The van der Waals surface area contributed by atoms with Crippen LogP contribution in [0.4, 0.5) is 5.82 Å². The topological polar surface area (TPSA) is 71.5 Å². The molecule has 5 heteroatoms. The fourth-order valence-electron chi connectivity index (χ4n) is 2.69. The summed E-state index contributed by atoms with van der Waals surface area (Å²) in [7, 11) is 0. The monoisotopic (exact) mass is 286 g/mol. The fraction of sp³-hybridized carbons (Fsp3) is 0.375. The first-order valence-electron chi connectivity index (χ1n) is 7.18. The zero-order valence-corrected chi connectivity index (χ0v) is 11.9. The lowest BCUT2D eigenvalue weighted by Crippen LogP contribution is -2.41. The molecule has 0 spiro atoms. The molecule has 1 aromatic heterocycles. The van der Waals surface area contributed by atoms with E-state index in [1.54, 1.807) is 12.1 Å². The molecular formula is C16H18N2O3. The van der Waals surface area contributed by atoms with Gasteiger partial charge in [-0.1, -0.05) is 18.2 Å². The lowest BCUT2D eigenvalue weighted by Gasteiger charge is -2.35. The molecule has 1 aromatic carbocycles. The Kier molecular flexibility index (Phi) is 3.75. The number of anilines is 1. The summed E-state index contributed by atoms with van der Waals surface area (Å²) in [6.45, 7) is 2.72. The van der Waals surface area contributed by atoms with Crippen molar-refractivity contribution in [2.45, 2.75) is 31.9 Å². The molecule has 21 heavy (non-hydrogen) atoms. The second kappa shape index (κ2) is 5.69. The summed E-state index contributed by atoms with van der Waals surface area (Å²) in [6, 6.07) is 9.21. The number of nitrogens with zero attached hydrogens (tertiary/aromatic N) is 1. The molecule has 0 bridgehead atoms. The smallest absolute Gasteiger partial charge is 0.336 e. The average Bonchev–Trinajstić information content (AvgIpc) is 2.44. The summed E-state index contributed by atoms with van der Waals surface area (Å²) in [6.07, 6.45) is 2.18. The minimum absolute atomic E-state index is 0.281. The van der Waals surface area contributed by atoms with Gasteiger partial charge in [0, 0.05) is 18.0 Å². The number of hydrogen-bond acceptors (Lipinski definition) is 4. The van der Waals surface area contributed by atoms with Gasteiger partial charge in [0.2, 0.25) is 0 Å². The Hall–Kier alpha value is -2.14. The maximum atomic E-state index is 11.4. The van der Waals surface area contributed by atoms with Crippen molar-refractivity contribution in [3.8, 4) is 0 Å². The van der Waals surface area contributed by atoms with Gasteiger partial charge in [-0.15, -0.1) is 0 Å². The van der Waals surface area contributed by atoms with Crippen molar-refractivity contribution in [3.05, 3.63) is 35.9 Å². The Morgan fingerprint density at radius 1 is 1.43 bits per heavy atom. The number of aromatic carboxylic acids is 1. The van der Waals surface area contributed by atoms with Crippen LogP contribution in [0.15, 0.2) is 30.3 Å². The van der Waals surface area contributed by atoms with Crippen molar-refractivity contribution in [1.29, 1.82) is 0 Å². The largest absolute Gasteiger partial charge is 0.478 e. The van der Waals surface area contributed by atoms with Crippen molar-refractivity contribution >= 4 is 22.7 Å². The zero-order valence-electron chi connectivity index (χ0n) is 11.9. The van der Waals surface area contributed by atoms with E-state index in [1.807, 2.05) is 25.1 Å². The van der Waals surface area contributed by atoms with Crippen molar-refractivity contribution < 1.29 is 14.6 Å². The van der Waals surface area contributed by atoms with Crippen LogP contribution in [0.3, 0.4) is 0 Å². The number of carboxylic acid groups (broad SMARTS) is 1. The summed E-state index contributed by atoms with van der Waals surface area (Å²) in [5, 5.41) is 13.3. The predicted octanol–water partition coefficient (Wildman–Crippen LogP) is 2.91. The summed E-state index contributed by atoms with van der Waals surface area (Å²) in [5.41, 5.74) is 0.976. The number of nitrogens with one attached hydrogen (secondary N) is 1. The first-order valence-corrected chi connectivity index (χ1v) is 7.18. The van der Waals surface area contributed by atoms with Gasteiger partial charge in [-0.3, -0.25) is 0 Å². The van der Waals surface area contributed by atoms with Gasteiger partial charge in [0.1, 0.15) is 5.82 Å². The van der Waals surface area contributed by atoms with Crippen molar-refractivity contribution in [2.75, 3.05) is 11.9 Å². The second-order valence-corrected chi connectivity index (χ2v) is 5.27. The van der Waals surface area contributed by atoms with E-state index >= 15 is 0 Å². The fourth-order valence-corrected chi connectivity index (χ4v) is 2.69. The highest BCUT2D eigenvalue weighted by Gasteiger charge is 2.29. The van der Waals surface area contributed by atoms with E-state index < -0.39 is 5.97 Å².